The summed E-state index contributed by atoms with van der Waals surface area (Å²) >= 11 is 5.84. The Labute approximate surface area is 104 Å². The normalized spacial score (nSPS) is 18.5. The molecule has 6 heteroatoms. The van der Waals surface area contributed by atoms with E-state index in [1.165, 1.54) is 4.90 Å². The molecule has 2 N–H and O–H groups in total. The molecule has 90 valence electrons. The van der Waals surface area contributed by atoms with Gasteiger partial charge in [0.15, 0.2) is 5.84 Å². The van der Waals surface area contributed by atoms with Gasteiger partial charge in [0.1, 0.15) is 0 Å². The van der Waals surface area contributed by atoms with Crippen LogP contribution in [0.15, 0.2) is 29.4 Å². The minimum atomic E-state index is 0.525. The predicted molar refractivity (Wildman–Crippen MR) is 68.1 cm³/mol. The Morgan fingerprint density at radius 1 is 1.29 bits per heavy atom. The lowest BCUT2D eigenvalue weighted by Gasteiger charge is -2.34. The highest BCUT2D eigenvalue weighted by Gasteiger charge is 2.21. The van der Waals surface area contributed by atoms with Crippen LogP contribution in [0.3, 0.4) is 0 Å². The van der Waals surface area contributed by atoms with Gasteiger partial charge in [-0.15, -0.1) is 0 Å². The molecule has 0 aromatic heterocycles. The van der Waals surface area contributed by atoms with E-state index in [1.807, 2.05) is 24.3 Å². The zero-order valence-corrected chi connectivity index (χ0v) is 9.97. The van der Waals surface area contributed by atoms with Crippen LogP contribution in [0.25, 0.3) is 0 Å². The number of amidine groups is 1. The van der Waals surface area contributed by atoms with Crippen molar-refractivity contribution in [3.05, 3.63) is 29.3 Å². The van der Waals surface area contributed by atoms with E-state index in [-0.39, 0.29) is 0 Å². The topological polar surface area (TPSA) is 61.9 Å². The van der Waals surface area contributed by atoms with E-state index in [2.05, 4.69) is 10.0 Å². The van der Waals surface area contributed by atoms with Crippen LogP contribution in [0.2, 0.25) is 5.02 Å². The number of anilines is 1. The standard InChI is InChI=1S/C11H13ClN4O/c12-9-1-3-10(4-2-9)15-5-6-16(8-17)11(7-15)14-13/h1-4,8H,5-7,13H2. The number of benzene rings is 1. The second-order valence-corrected chi connectivity index (χ2v) is 4.18. The molecule has 0 atom stereocenters. The van der Waals surface area contributed by atoms with Gasteiger partial charge in [-0.2, -0.15) is 5.10 Å². The summed E-state index contributed by atoms with van der Waals surface area (Å²) in [5.41, 5.74) is 1.04. The van der Waals surface area contributed by atoms with E-state index in [0.29, 0.717) is 23.9 Å². The van der Waals surface area contributed by atoms with Gasteiger partial charge in [0.05, 0.1) is 6.54 Å². The van der Waals surface area contributed by atoms with Gasteiger partial charge in [-0.1, -0.05) is 11.6 Å². The maximum Gasteiger partial charge on any atom is 0.215 e. The van der Waals surface area contributed by atoms with Crippen molar-refractivity contribution in [3.63, 3.8) is 0 Å². The van der Waals surface area contributed by atoms with Gasteiger partial charge in [-0.3, -0.25) is 9.69 Å². The zero-order chi connectivity index (χ0) is 12.3. The van der Waals surface area contributed by atoms with Crippen molar-refractivity contribution in [3.8, 4) is 0 Å². The Morgan fingerprint density at radius 3 is 2.59 bits per heavy atom. The molecule has 0 saturated carbocycles. The third-order valence-electron chi connectivity index (χ3n) is 2.74. The summed E-state index contributed by atoms with van der Waals surface area (Å²) in [5.74, 6) is 5.84. The van der Waals surface area contributed by atoms with Crippen LogP contribution in [0.1, 0.15) is 0 Å². The molecule has 2 rings (SSSR count). The Bertz CT molecular complexity index is 432. The largest absolute Gasteiger partial charge is 0.362 e. The summed E-state index contributed by atoms with van der Waals surface area (Å²) in [6.45, 7) is 1.86. The fourth-order valence-electron chi connectivity index (χ4n) is 1.80. The van der Waals surface area contributed by atoms with Crippen molar-refractivity contribution in [2.45, 2.75) is 0 Å². The number of nitrogens with zero attached hydrogens (tertiary/aromatic N) is 3. The fourth-order valence-corrected chi connectivity index (χ4v) is 1.92. The van der Waals surface area contributed by atoms with Crippen LogP contribution < -0.4 is 10.7 Å². The van der Waals surface area contributed by atoms with Crippen molar-refractivity contribution >= 4 is 29.5 Å². The van der Waals surface area contributed by atoms with Gasteiger partial charge in [-0.05, 0) is 24.3 Å². The van der Waals surface area contributed by atoms with E-state index in [1.54, 1.807) is 0 Å². The van der Waals surface area contributed by atoms with Crippen LogP contribution in [-0.2, 0) is 4.79 Å². The lowest BCUT2D eigenvalue weighted by atomic mass is 10.2. The molecule has 0 aliphatic carbocycles. The van der Waals surface area contributed by atoms with Crippen molar-refractivity contribution < 1.29 is 4.79 Å². The van der Waals surface area contributed by atoms with Gasteiger partial charge in [-0.25, -0.2) is 0 Å². The molecule has 1 heterocycles. The Morgan fingerprint density at radius 2 is 2.00 bits per heavy atom. The molecule has 1 amide bonds. The first-order chi connectivity index (χ1) is 8.24. The van der Waals surface area contributed by atoms with Crippen LogP contribution in [0, 0.1) is 0 Å². The van der Waals surface area contributed by atoms with E-state index in [9.17, 15) is 4.79 Å². The maximum absolute atomic E-state index is 10.8. The molecule has 1 aromatic rings. The van der Waals surface area contributed by atoms with Crippen molar-refractivity contribution in [1.82, 2.24) is 4.90 Å². The molecule has 1 saturated heterocycles. The molecule has 17 heavy (non-hydrogen) atoms. The molecule has 0 unspecified atom stereocenters. The van der Waals surface area contributed by atoms with Gasteiger partial charge in [0.25, 0.3) is 0 Å². The molecule has 1 aliphatic heterocycles. The van der Waals surface area contributed by atoms with Crippen LogP contribution in [-0.4, -0.2) is 36.8 Å². The first-order valence-corrected chi connectivity index (χ1v) is 5.61. The average molecular weight is 253 g/mol. The summed E-state index contributed by atoms with van der Waals surface area (Å²) < 4.78 is 0. The molecular weight excluding hydrogens is 240 g/mol. The van der Waals surface area contributed by atoms with Crippen LogP contribution in [0.4, 0.5) is 5.69 Å². The number of hydrogen-bond donors (Lipinski definition) is 1. The Hall–Kier alpha value is -1.75. The second-order valence-electron chi connectivity index (χ2n) is 3.74. The smallest absolute Gasteiger partial charge is 0.215 e. The molecule has 1 fully saturated rings. The van der Waals surface area contributed by atoms with E-state index >= 15 is 0 Å². The fraction of sp³-hybridized carbons (Fsp3) is 0.273. The molecule has 0 radical (unpaired) electrons. The minimum absolute atomic E-state index is 0.525. The van der Waals surface area contributed by atoms with Gasteiger partial charge in [0.2, 0.25) is 6.41 Å². The number of nitrogens with two attached hydrogens (primary N) is 1. The first kappa shape index (κ1) is 11.7. The summed E-state index contributed by atoms with van der Waals surface area (Å²) in [6, 6.07) is 7.55. The minimum Gasteiger partial charge on any atom is -0.362 e. The highest BCUT2D eigenvalue weighted by Crippen LogP contribution is 2.19. The van der Waals surface area contributed by atoms with Crippen molar-refractivity contribution in [1.29, 1.82) is 0 Å². The number of piperazine rings is 1. The Balaban J connectivity index is 2.14. The van der Waals surface area contributed by atoms with Crippen LogP contribution >= 0.6 is 11.6 Å². The van der Waals surface area contributed by atoms with Gasteiger partial charge < -0.3 is 10.7 Å². The van der Waals surface area contributed by atoms with E-state index < -0.39 is 0 Å². The number of carbonyl (C=O) groups is 1. The zero-order valence-electron chi connectivity index (χ0n) is 9.21. The van der Waals surface area contributed by atoms with Crippen molar-refractivity contribution in [2.24, 2.45) is 10.9 Å². The second kappa shape index (κ2) is 5.05. The first-order valence-electron chi connectivity index (χ1n) is 5.24. The van der Waals surface area contributed by atoms with Crippen molar-refractivity contribution in [2.75, 3.05) is 24.5 Å². The molecule has 5 nitrogen and oxygen atoms in total. The SMILES string of the molecule is NN=C1CN(c2ccc(Cl)cc2)CCN1C=O. The molecular formula is C11H13ClN4O. The summed E-state index contributed by atoms with van der Waals surface area (Å²) in [6.07, 6.45) is 0.755. The number of rotatable bonds is 2. The van der Waals surface area contributed by atoms with Gasteiger partial charge in [0, 0.05) is 23.8 Å². The quantitative estimate of drug-likeness (QED) is 0.483. The molecule has 1 aliphatic rings. The highest BCUT2D eigenvalue weighted by atomic mass is 35.5. The predicted octanol–water partition coefficient (Wildman–Crippen LogP) is 0.891. The van der Waals surface area contributed by atoms with Gasteiger partial charge >= 0.3 is 0 Å². The summed E-state index contributed by atoms with van der Waals surface area (Å²) in [5, 5.41) is 4.34. The Kier molecular flexibility index (Phi) is 3.49. The molecule has 1 aromatic carbocycles. The summed E-state index contributed by atoms with van der Waals surface area (Å²) in [7, 11) is 0. The van der Waals surface area contributed by atoms with Crippen LogP contribution in [0.5, 0.6) is 0 Å². The lowest BCUT2D eigenvalue weighted by molar-refractivity contribution is -0.115. The molecule has 0 spiro atoms. The summed E-state index contributed by atoms with van der Waals surface area (Å²) in [4.78, 5) is 14.4. The number of halogens is 1. The lowest BCUT2D eigenvalue weighted by Crippen LogP contribution is -2.50. The van der Waals surface area contributed by atoms with E-state index in [4.69, 9.17) is 17.4 Å². The number of hydrogen-bond acceptors (Lipinski definition) is 4. The highest BCUT2D eigenvalue weighted by molar-refractivity contribution is 6.30. The molecule has 0 bridgehead atoms. The maximum atomic E-state index is 10.8. The van der Waals surface area contributed by atoms with E-state index in [0.717, 1.165) is 18.6 Å². The monoisotopic (exact) mass is 252 g/mol. The number of amides is 1. The third kappa shape index (κ3) is 2.50. The average Bonchev–Trinajstić information content (AvgIpc) is 2.39. The third-order valence-corrected chi connectivity index (χ3v) is 2.99. The number of hydrazone groups is 1. The number of carbonyl (C=O) groups excluding carboxylic acids is 1.